The van der Waals surface area contributed by atoms with E-state index < -0.39 is 0 Å². The van der Waals surface area contributed by atoms with Gasteiger partial charge in [0.2, 0.25) is 0 Å². The average Bonchev–Trinajstić information content (AvgIpc) is 2.81. The van der Waals surface area contributed by atoms with Gasteiger partial charge < -0.3 is 4.42 Å². The summed E-state index contributed by atoms with van der Waals surface area (Å²) in [7, 11) is 0. The molecule has 0 bridgehead atoms. The van der Waals surface area contributed by atoms with Gasteiger partial charge in [-0.05, 0) is 18.4 Å². The third-order valence-corrected chi connectivity index (χ3v) is 4.65. The first-order chi connectivity index (χ1) is 10.3. The first-order valence-corrected chi connectivity index (χ1v) is 7.58. The van der Waals surface area contributed by atoms with E-state index in [0.717, 1.165) is 36.8 Å². The molecule has 0 radical (unpaired) electrons. The summed E-state index contributed by atoms with van der Waals surface area (Å²) >= 11 is 0. The van der Waals surface area contributed by atoms with Crippen molar-refractivity contribution < 1.29 is 9.21 Å². The summed E-state index contributed by atoms with van der Waals surface area (Å²) in [5.74, 6) is 0.836. The first kappa shape index (κ1) is 12.6. The van der Waals surface area contributed by atoms with Crippen LogP contribution < -0.4 is 5.63 Å². The minimum Gasteiger partial charge on any atom is -0.427 e. The molecule has 0 unspecified atom stereocenters. The van der Waals surface area contributed by atoms with Crippen molar-refractivity contribution in [1.82, 2.24) is 0 Å². The van der Waals surface area contributed by atoms with Gasteiger partial charge in [-0.3, -0.25) is 4.79 Å². The second-order valence-electron chi connectivity index (χ2n) is 5.93. The van der Waals surface area contributed by atoms with E-state index in [2.05, 4.69) is 0 Å². The minimum atomic E-state index is -0.348. The van der Waals surface area contributed by atoms with Gasteiger partial charge in [-0.1, -0.05) is 43.5 Å². The first-order valence-electron chi connectivity index (χ1n) is 7.58. The predicted molar refractivity (Wildman–Crippen MR) is 79.7 cm³/mol. The number of ketones is 1. The Balaban J connectivity index is 1.94. The molecule has 1 fully saturated rings. The van der Waals surface area contributed by atoms with Crippen LogP contribution in [-0.4, -0.2) is 5.78 Å². The van der Waals surface area contributed by atoms with Crippen LogP contribution in [0.15, 0.2) is 39.5 Å². The van der Waals surface area contributed by atoms with Gasteiger partial charge in [-0.15, -0.1) is 0 Å². The van der Waals surface area contributed by atoms with Crippen LogP contribution in [0.2, 0.25) is 0 Å². The maximum absolute atomic E-state index is 12.7. The molecule has 21 heavy (non-hydrogen) atoms. The van der Waals surface area contributed by atoms with Crippen molar-refractivity contribution in [1.29, 1.82) is 0 Å². The Hall–Kier alpha value is -2.16. The highest BCUT2D eigenvalue weighted by atomic mass is 16.4. The van der Waals surface area contributed by atoms with Crippen molar-refractivity contribution >= 4 is 5.78 Å². The van der Waals surface area contributed by atoms with Gasteiger partial charge >= 0.3 is 5.63 Å². The minimum absolute atomic E-state index is 0.00456. The van der Waals surface area contributed by atoms with Gasteiger partial charge in [0.1, 0.15) is 5.76 Å². The molecule has 3 nitrogen and oxygen atoms in total. The molecule has 0 amide bonds. The maximum atomic E-state index is 12.7. The zero-order valence-electron chi connectivity index (χ0n) is 11.7. The van der Waals surface area contributed by atoms with Crippen LogP contribution in [0.25, 0.3) is 11.1 Å². The predicted octanol–water partition coefficient (Wildman–Crippen LogP) is 3.90. The number of hydrogen-bond donors (Lipinski definition) is 0. The number of rotatable bonds is 1. The SMILES string of the molecule is O=C1c2ccccc2-c2cc(=O)oc(C3CCCCC3)c21. The number of benzene rings is 1. The fraction of sp³-hybridized carbons (Fsp3) is 0.333. The standard InChI is InChI=1S/C18H16O3/c19-15-10-14-12-8-4-5-9-13(12)17(20)16(14)18(21-15)11-6-2-1-3-7-11/h4-5,8-11H,1-3,6-7H2. The lowest BCUT2D eigenvalue weighted by Gasteiger charge is -2.21. The molecular formula is C18H16O3. The maximum Gasteiger partial charge on any atom is 0.336 e. The highest BCUT2D eigenvalue weighted by Crippen LogP contribution is 2.42. The Kier molecular flexibility index (Phi) is 2.81. The topological polar surface area (TPSA) is 47.3 Å². The van der Waals surface area contributed by atoms with E-state index in [1.54, 1.807) is 0 Å². The summed E-state index contributed by atoms with van der Waals surface area (Å²) in [4.78, 5) is 24.6. The monoisotopic (exact) mass is 280 g/mol. The molecule has 2 aliphatic carbocycles. The van der Waals surface area contributed by atoms with Crippen molar-refractivity contribution in [3.63, 3.8) is 0 Å². The molecule has 1 aromatic carbocycles. The molecule has 1 saturated carbocycles. The molecule has 1 heterocycles. The molecule has 3 heteroatoms. The van der Waals surface area contributed by atoms with E-state index in [-0.39, 0.29) is 17.3 Å². The summed E-state index contributed by atoms with van der Waals surface area (Å²) < 4.78 is 5.48. The van der Waals surface area contributed by atoms with Crippen LogP contribution in [0, 0.1) is 0 Å². The van der Waals surface area contributed by atoms with Crippen molar-refractivity contribution in [2.24, 2.45) is 0 Å². The second kappa shape index (κ2) is 4.69. The van der Waals surface area contributed by atoms with Gasteiger partial charge in [-0.2, -0.15) is 0 Å². The molecular weight excluding hydrogens is 264 g/mol. The fourth-order valence-corrected chi connectivity index (χ4v) is 3.66. The number of hydrogen-bond acceptors (Lipinski definition) is 3. The average molecular weight is 280 g/mol. The molecule has 0 aliphatic heterocycles. The molecule has 0 spiro atoms. The van der Waals surface area contributed by atoms with Crippen molar-refractivity contribution in [3.8, 4) is 11.1 Å². The van der Waals surface area contributed by atoms with Crippen LogP contribution >= 0.6 is 0 Å². The third kappa shape index (κ3) is 1.88. The van der Waals surface area contributed by atoms with Crippen LogP contribution in [0.5, 0.6) is 0 Å². The fourth-order valence-electron chi connectivity index (χ4n) is 3.66. The van der Waals surface area contributed by atoms with E-state index in [1.807, 2.05) is 24.3 Å². The van der Waals surface area contributed by atoms with Crippen LogP contribution in [0.3, 0.4) is 0 Å². The second-order valence-corrected chi connectivity index (χ2v) is 5.93. The highest BCUT2D eigenvalue weighted by molar-refractivity contribution is 6.22. The molecule has 1 aromatic heterocycles. The van der Waals surface area contributed by atoms with E-state index >= 15 is 0 Å². The number of fused-ring (bicyclic) bond motifs is 3. The molecule has 2 aromatic rings. The van der Waals surface area contributed by atoms with Crippen LogP contribution in [0.4, 0.5) is 0 Å². The lowest BCUT2D eigenvalue weighted by atomic mass is 9.85. The lowest BCUT2D eigenvalue weighted by molar-refractivity contribution is 0.103. The van der Waals surface area contributed by atoms with Gasteiger partial charge in [0, 0.05) is 23.1 Å². The highest BCUT2D eigenvalue weighted by Gasteiger charge is 2.34. The van der Waals surface area contributed by atoms with Gasteiger partial charge in [0.25, 0.3) is 0 Å². The lowest BCUT2D eigenvalue weighted by Crippen LogP contribution is -2.13. The molecule has 4 rings (SSSR count). The third-order valence-electron chi connectivity index (χ3n) is 4.65. The molecule has 0 N–H and O–H groups in total. The van der Waals surface area contributed by atoms with Crippen LogP contribution in [-0.2, 0) is 0 Å². The largest absolute Gasteiger partial charge is 0.427 e. The summed E-state index contributed by atoms with van der Waals surface area (Å²) in [6, 6.07) is 8.95. The van der Waals surface area contributed by atoms with Gasteiger partial charge in [0.05, 0.1) is 5.56 Å². The van der Waals surface area contributed by atoms with E-state index in [4.69, 9.17) is 4.42 Å². The van der Waals surface area contributed by atoms with Gasteiger partial charge in [0.15, 0.2) is 5.78 Å². The van der Waals surface area contributed by atoms with Gasteiger partial charge in [-0.25, -0.2) is 4.79 Å². The molecule has 2 aliphatic rings. The Labute approximate surface area is 122 Å². The van der Waals surface area contributed by atoms with E-state index in [9.17, 15) is 9.59 Å². The Morgan fingerprint density at radius 1 is 0.905 bits per heavy atom. The smallest absolute Gasteiger partial charge is 0.336 e. The van der Waals surface area contributed by atoms with Crippen LogP contribution in [0.1, 0.15) is 59.7 Å². The molecule has 0 saturated heterocycles. The Morgan fingerprint density at radius 2 is 1.62 bits per heavy atom. The number of carbonyl (C=O) groups excluding carboxylic acids is 1. The normalized spacial score (nSPS) is 17.6. The van der Waals surface area contributed by atoms with Crippen molar-refractivity contribution in [2.75, 3.05) is 0 Å². The van der Waals surface area contributed by atoms with Crippen molar-refractivity contribution in [3.05, 3.63) is 57.6 Å². The Bertz CT molecular complexity index is 779. The number of carbonyl (C=O) groups is 1. The quantitative estimate of drug-likeness (QED) is 0.679. The van der Waals surface area contributed by atoms with Crippen molar-refractivity contribution in [2.45, 2.75) is 38.0 Å². The summed E-state index contributed by atoms with van der Waals surface area (Å²) in [5.41, 5.74) is 2.58. The summed E-state index contributed by atoms with van der Waals surface area (Å²) in [5, 5.41) is 0. The molecule has 106 valence electrons. The molecule has 0 atom stereocenters. The zero-order chi connectivity index (χ0) is 14.4. The summed E-state index contributed by atoms with van der Waals surface area (Å²) in [6.45, 7) is 0. The zero-order valence-corrected chi connectivity index (χ0v) is 11.7. The van der Waals surface area contributed by atoms with E-state index in [0.29, 0.717) is 16.9 Å². The Morgan fingerprint density at radius 3 is 2.38 bits per heavy atom. The van der Waals surface area contributed by atoms with E-state index in [1.165, 1.54) is 12.5 Å². The summed E-state index contributed by atoms with van der Waals surface area (Å²) in [6.07, 6.45) is 5.51.